The average molecular weight is 268 g/mol. The minimum Gasteiger partial charge on any atom is -0.490 e. The van der Waals surface area contributed by atoms with E-state index in [1.54, 1.807) is 0 Å². The van der Waals surface area contributed by atoms with Gasteiger partial charge in [0.1, 0.15) is 5.75 Å². The Morgan fingerprint density at radius 1 is 1.39 bits per heavy atom. The van der Waals surface area contributed by atoms with Gasteiger partial charge in [-0.3, -0.25) is 0 Å². The maximum atomic E-state index is 6.17. The van der Waals surface area contributed by atoms with Crippen LogP contribution in [0, 0.1) is 5.92 Å². The van der Waals surface area contributed by atoms with Crippen molar-refractivity contribution in [2.24, 2.45) is 5.92 Å². The minimum atomic E-state index is 0.366. The van der Waals surface area contributed by atoms with Crippen molar-refractivity contribution >= 4 is 11.6 Å². The molecule has 1 aromatic rings. The Morgan fingerprint density at radius 3 is 2.94 bits per heavy atom. The monoisotopic (exact) mass is 267 g/mol. The zero-order valence-electron chi connectivity index (χ0n) is 11.2. The Labute approximate surface area is 115 Å². The summed E-state index contributed by atoms with van der Waals surface area (Å²) < 4.78 is 6.17. The molecule has 1 fully saturated rings. The Balaban J connectivity index is 2.07. The fourth-order valence-corrected chi connectivity index (χ4v) is 2.85. The van der Waals surface area contributed by atoms with Gasteiger partial charge in [-0.1, -0.05) is 24.9 Å². The summed E-state index contributed by atoms with van der Waals surface area (Å²) in [5.41, 5.74) is 1.14. The minimum absolute atomic E-state index is 0.366. The van der Waals surface area contributed by atoms with Crippen LogP contribution in [0.25, 0.3) is 0 Å². The van der Waals surface area contributed by atoms with Gasteiger partial charge in [0.05, 0.1) is 6.10 Å². The molecule has 100 valence electrons. The van der Waals surface area contributed by atoms with E-state index in [1.165, 1.54) is 25.7 Å². The normalized spacial score (nSPS) is 23.9. The maximum Gasteiger partial charge on any atom is 0.124 e. The lowest BCUT2D eigenvalue weighted by Crippen LogP contribution is -2.24. The van der Waals surface area contributed by atoms with E-state index in [4.69, 9.17) is 16.3 Å². The lowest BCUT2D eigenvalue weighted by Gasteiger charge is -2.28. The second-order valence-electron chi connectivity index (χ2n) is 5.29. The van der Waals surface area contributed by atoms with E-state index in [0.717, 1.165) is 28.8 Å². The molecule has 1 aliphatic rings. The summed E-state index contributed by atoms with van der Waals surface area (Å²) in [6.45, 7) is 3.10. The molecule has 18 heavy (non-hydrogen) atoms. The van der Waals surface area contributed by atoms with Crippen LogP contribution in [0.5, 0.6) is 5.75 Å². The largest absolute Gasteiger partial charge is 0.490 e. The molecular formula is C15H22ClNO. The number of nitrogens with one attached hydrogen (secondary N) is 1. The summed E-state index contributed by atoms with van der Waals surface area (Å²) in [5, 5.41) is 3.93. The van der Waals surface area contributed by atoms with Gasteiger partial charge in [0.2, 0.25) is 0 Å². The summed E-state index contributed by atoms with van der Waals surface area (Å²) in [7, 11) is 1.94. The molecule has 0 saturated heterocycles. The fraction of sp³-hybridized carbons (Fsp3) is 0.600. The van der Waals surface area contributed by atoms with E-state index in [9.17, 15) is 0 Å². The first-order chi connectivity index (χ1) is 8.69. The molecule has 2 atom stereocenters. The molecule has 0 spiro atoms. The van der Waals surface area contributed by atoms with Crippen LogP contribution >= 0.6 is 11.6 Å². The van der Waals surface area contributed by atoms with Crippen molar-refractivity contribution < 1.29 is 4.74 Å². The van der Waals surface area contributed by atoms with Crippen molar-refractivity contribution in [2.45, 2.75) is 45.3 Å². The third-order valence-corrected chi connectivity index (χ3v) is 3.81. The molecule has 1 N–H and O–H groups in total. The van der Waals surface area contributed by atoms with Crippen LogP contribution in [0.4, 0.5) is 0 Å². The molecule has 1 saturated carbocycles. The molecule has 0 aliphatic heterocycles. The molecule has 1 aromatic carbocycles. The smallest absolute Gasteiger partial charge is 0.124 e. The maximum absolute atomic E-state index is 6.17. The summed E-state index contributed by atoms with van der Waals surface area (Å²) in [5.74, 6) is 1.76. The van der Waals surface area contributed by atoms with Gasteiger partial charge in [-0.25, -0.2) is 0 Å². The van der Waals surface area contributed by atoms with Crippen LogP contribution in [0.1, 0.15) is 38.2 Å². The lowest BCUT2D eigenvalue weighted by atomic mass is 9.88. The average Bonchev–Trinajstić information content (AvgIpc) is 2.33. The van der Waals surface area contributed by atoms with Crippen LogP contribution in [0.3, 0.4) is 0 Å². The molecule has 2 unspecified atom stereocenters. The second-order valence-corrected chi connectivity index (χ2v) is 5.73. The van der Waals surface area contributed by atoms with Crippen LogP contribution in [0.2, 0.25) is 5.02 Å². The Morgan fingerprint density at radius 2 is 2.22 bits per heavy atom. The highest BCUT2D eigenvalue weighted by Gasteiger charge is 2.21. The van der Waals surface area contributed by atoms with E-state index < -0.39 is 0 Å². The van der Waals surface area contributed by atoms with Gasteiger partial charge in [-0.2, -0.15) is 0 Å². The highest BCUT2D eigenvalue weighted by molar-refractivity contribution is 6.30. The fourth-order valence-electron chi connectivity index (χ4n) is 2.66. The van der Waals surface area contributed by atoms with Crippen molar-refractivity contribution in [3.63, 3.8) is 0 Å². The number of hydrogen-bond donors (Lipinski definition) is 1. The van der Waals surface area contributed by atoms with Crippen molar-refractivity contribution in [3.8, 4) is 5.75 Å². The zero-order valence-corrected chi connectivity index (χ0v) is 12.0. The van der Waals surface area contributed by atoms with E-state index in [0.29, 0.717) is 6.10 Å². The molecule has 1 aliphatic carbocycles. The molecule has 0 heterocycles. The standard InChI is InChI=1S/C15H22ClNO/c1-11-4-3-5-14(8-11)18-15-7-6-13(16)9-12(15)10-17-2/h6-7,9,11,14,17H,3-5,8,10H2,1-2H3. The molecule has 2 rings (SSSR count). The van der Waals surface area contributed by atoms with Gasteiger partial charge in [0, 0.05) is 17.1 Å². The van der Waals surface area contributed by atoms with Gasteiger partial charge in [-0.05, 0) is 50.4 Å². The highest BCUT2D eigenvalue weighted by Crippen LogP contribution is 2.30. The molecule has 0 radical (unpaired) electrons. The highest BCUT2D eigenvalue weighted by atomic mass is 35.5. The van der Waals surface area contributed by atoms with E-state index >= 15 is 0 Å². The third-order valence-electron chi connectivity index (χ3n) is 3.57. The van der Waals surface area contributed by atoms with Crippen molar-refractivity contribution in [1.29, 1.82) is 0 Å². The Hall–Kier alpha value is -0.730. The Kier molecular flexibility index (Phi) is 4.90. The SMILES string of the molecule is CNCc1cc(Cl)ccc1OC1CCCC(C)C1. The first-order valence-electron chi connectivity index (χ1n) is 6.78. The van der Waals surface area contributed by atoms with Gasteiger partial charge in [-0.15, -0.1) is 0 Å². The quantitative estimate of drug-likeness (QED) is 0.890. The van der Waals surface area contributed by atoms with Crippen molar-refractivity contribution in [1.82, 2.24) is 5.32 Å². The molecular weight excluding hydrogens is 246 g/mol. The first-order valence-corrected chi connectivity index (χ1v) is 7.16. The lowest BCUT2D eigenvalue weighted by molar-refractivity contribution is 0.128. The third kappa shape index (κ3) is 3.63. The molecule has 2 nitrogen and oxygen atoms in total. The van der Waals surface area contributed by atoms with E-state index in [2.05, 4.69) is 12.2 Å². The topological polar surface area (TPSA) is 21.3 Å². The molecule has 0 bridgehead atoms. The van der Waals surface area contributed by atoms with Gasteiger partial charge < -0.3 is 10.1 Å². The second kappa shape index (κ2) is 6.44. The number of rotatable bonds is 4. The van der Waals surface area contributed by atoms with Crippen LogP contribution in [-0.2, 0) is 6.54 Å². The zero-order chi connectivity index (χ0) is 13.0. The Bertz CT molecular complexity index is 394. The molecule has 0 amide bonds. The van der Waals surface area contributed by atoms with E-state index in [1.807, 2.05) is 25.2 Å². The van der Waals surface area contributed by atoms with Gasteiger partial charge >= 0.3 is 0 Å². The van der Waals surface area contributed by atoms with Crippen molar-refractivity contribution in [2.75, 3.05) is 7.05 Å². The summed E-state index contributed by atoms with van der Waals surface area (Å²) in [6, 6.07) is 5.89. The van der Waals surface area contributed by atoms with Crippen LogP contribution in [0.15, 0.2) is 18.2 Å². The summed E-state index contributed by atoms with van der Waals surface area (Å²) in [4.78, 5) is 0. The molecule has 0 aromatic heterocycles. The summed E-state index contributed by atoms with van der Waals surface area (Å²) in [6.07, 6.45) is 5.32. The number of benzene rings is 1. The molecule has 3 heteroatoms. The predicted octanol–water partition coefficient (Wildman–Crippen LogP) is 4.02. The van der Waals surface area contributed by atoms with Crippen molar-refractivity contribution in [3.05, 3.63) is 28.8 Å². The van der Waals surface area contributed by atoms with Gasteiger partial charge in [0.25, 0.3) is 0 Å². The van der Waals surface area contributed by atoms with Crippen LogP contribution < -0.4 is 10.1 Å². The predicted molar refractivity (Wildman–Crippen MR) is 76.3 cm³/mol. The number of halogens is 1. The number of ether oxygens (including phenoxy) is 1. The summed E-state index contributed by atoms with van der Waals surface area (Å²) >= 11 is 6.04. The van der Waals surface area contributed by atoms with Crippen LogP contribution in [-0.4, -0.2) is 13.2 Å². The number of hydrogen-bond acceptors (Lipinski definition) is 2. The first kappa shape index (κ1) is 13.7. The van der Waals surface area contributed by atoms with Gasteiger partial charge in [0.15, 0.2) is 0 Å². The van der Waals surface area contributed by atoms with E-state index in [-0.39, 0.29) is 0 Å².